The monoisotopic (exact) mass is 286 g/mol. The van der Waals surface area contributed by atoms with Gasteiger partial charge in [0.05, 0.1) is 0 Å². The van der Waals surface area contributed by atoms with Crippen molar-refractivity contribution in [2.24, 2.45) is 0 Å². The lowest BCUT2D eigenvalue weighted by molar-refractivity contribution is -0.142. The maximum Gasteiger partial charge on any atom is 0.326 e. The van der Waals surface area contributed by atoms with Gasteiger partial charge in [0.25, 0.3) is 0 Å². The summed E-state index contributed by atoms with van der Waals surface area (Å²) in [6.45, 7) is 0.558. The highest BCUT2D eigenvalue weighted by Gasteiger charge is 2.31. The zero-order valence-electron chi connectivity index (χ0n) is 11.1. The Kier molecular flexibility index (Phi) is 5.36. The number of hydrogen-bond donors (Lipinski definition) is 2. The molecule has 2 atom stereocenters. The minimum Gasteiger partial charge on any atom is -0.480 e. The minimum atomic E-state index is -0.877. The highest BCUT2D eigenvalue weighted by atomic mass is 32.2. The number of rotatable bonds is 2. The van der Waals surface area contributed by atoms with Gasteiger partial charge in [-0.25, -0.2) is 9.59 Å². The van der Waals surface area contributed by atoms with Crippen LogP contribution in [0.1, 0.15) is 38.5 Å². The predicted octanol–water partition coefficient (Wildman–Crippen LogP) is 1.92. The first-order valence-corrected chi connectivity index (χ1v) is 8.21. The molecular formula is C13H22N2O3S. The number of aliphatic carboxylic acids is 1. The molecule has 0 aromatic rings. The van der Waals surface area contributed by atoms with Crippen LogP contribution in [-0.4, -0.2) is 52.1 Å². The number of carboxylic acids is 1. The van der Waals surface area contributed by atoms with E-state index in [0.717, 1.165) is 43.6 Å². The number of carbonyl (C=O) groups excluding carboxylic acids is 1. The number of amides is 2. The first-order valence-electron chi connectivity index (χ1n) is 7.06. The molecule has 0 bridgehead atoms. The minimum absolute atomic E-state index is 0.193. The average Bonchev–Trinajstić information content (AvgIpc) is 2.80. The molecule has 2 saturated heterocycles. The molecule has 108 valence electrons. The topological polar surface area (TPSA) is 69.6 Å². The van der Waals surface area contributed by atoms with Crippen LogP contribution in [0.15, 0.2) is 0 Å². The van der Waals surface area contributed by atoms with Gasteiger partial charge in [-0.05, 0) is 25.0 Å². The summed E-state index contributed by atoms with van der Waals surface area (Å²) >= 11 is 1.84. The lowest BCUT2D eigenvalue weighted by atomic mass is 10.0. The van der Waals surface area contributed by atoms with E-state index in [1.54, 1.807) is 0 Å². The standard InChI is InChI=1S/C13H22N2O3S/c16-12(17)11-5-3-1-2-4-7-15(11)13(18)14-10-6-8-19-9-10/h10-11H,1-9H2,(H,14,18)(H,16,17). The summed E-state index contributed by atoms with van der Waals surface area (Å²) in [5, 5.41) is 12.3. The maximum absolute atomic E-state index is 12.3. The molecule has 2 amide bonds. The Hall–Kier alpha value is -0.910. The molecular weight excluding hydrogens is 264 g/mol. The fourth-order valence-corrected chi connectivity index (χ4v) is 3.84. The van der Waals surface area contributed by atoms with Gasteiger partial charge >= 0.3 is 12.0 Å². The molecule has 2 unspecified atom stereocenters. The normalized spacial score (nSPS) is 28.5. The molecule has 19 heavy (non-hydrogen) atoms. The third-order valence-electron chi connectivity index (χ3n) is 3.81. The molecule has 0 aromatic carbocycles. The first-order chi connectivity index (χ1) is 9.18. The Morgan fingerprint density at radius 3 is 2.63 bits per heavy atom. The second-order valence-electron chi connectivity index (χ2n) is 5.26. The molecule has 0 spiro atoms. The summed E-state index contributed by atoms with van der Waals surface area (Å²) in [6, 6.07) is -0.645. The molecule has 0 aromatic heterocycles. The third-order valence-corrected chi connectivity index (χ3v) is 4.97. The molecule has 2 rings (SSSR count). The van der Waals surface area contributed by atoms with Crippen molar-refractivity contribution in [2.45, 2.75) is 50.6 Å². The van der Waals surface area contributed by atoms with Crippen molar-refractivity contribution in [1.82, 2.24) is 10.2 Å². The molecule has 2 fully saturated rings. The number of nitrogens with one attached hydrogen (secondary N) is 1. The van der Waals surface area contributed by atoms with E-state index in [0.29, 0.717) is 13.0 Å². The van der Waals surface area contributed by atoms with E-state index >= 15 is 0 Å². The second-order valence-corrected chi connectivity index (χ2v) is 6.41. The van der Waals surface area contributed by atoms with Gasteiger partial charge in [0, 0.05) is 18.3 Å². The number of likely N-dealkylation sites (tertiary alicyclic amines) is 1. The fraction of sp³-hybridized carbons (Fsp3) is 0.846. The van der Waals surface area contributed by atoms with Crippen LogP contribution >= 0.6 is 11.8 Å². The van der Waals surface area contributed by atoms with E-state index in [-0.39, 0.29) is 12.1 Å². The Bertz CT molecular complexity index is 332. The van der Waals surface area contributed by atoms with Crippen molar-refractivity contribution in [1.29, 1.82) is 0 Å². The van der Waals surface area contributed by atoms with E-state index in [1.165, 1.54) is 4.90 Å². The smallest absolute Gasteiger partial charge is 0.326 e. The lowest BCUT2D eigenvalue weighted by Gasteiger charge is -2.31. The Morgan fingerprint density at radius 1 is 1.16 bits per heavy atom. The molecule has 2 aliphatic heterocycles. The average molecular weight is 286 g/mol. The van der Waals surface area contributed by atoms with Crippen LogP contribution < -0.4 is 5.32 Å². The van der Waals surface area contributed by atoms with Crippen LogP contribution in [0.4, 0.5) is 4.79 Å². The third kappa shape index (κ3) is 4.03. The highest BCUT2D eigenvalue weighted by molar-refractivity contribution is 7.99. The molecule has 2 aliphatic rings. The fourth-order valence-electron chi connectivity index (χ4n) is 2.69. The quantitative estimate of drug-likeness (QED) is 0.813. The summed E-state index contributed by atoms with van der Waals surface area (Å²) in [7, 11) is 0. The molecule has 2 heterocycles. The number of urea groups is 1. The van der Waals surface area contributed by atoms with Crippen molar-refractivity contribution in [2.75, 3.05) is 18.1 Å². The van der Waals surface area contributed by atoms with Gasteiger partial charge in [0.1, 0.15) is 6.04 Å². The van der Waals surface area contributed by atoms with Crippen molar-refractivity contribution in [3.63, 3.8) is 0 Å². The van der Waals surface area contributed by atoms with E-state index in [2.05, 4.69) is 5.32 Å². The number of nitrogens with zero attached hydrogens (tertiary/aromatic N) is 1. The molecule has 0 radical (unpaired) electrons. The summed E-state index contributed by atoms with van der Waals surface area (Å²) in [4.78, 5) is 25.2. The number of thioether (sulfide) groups is 1. The van der Waals surface area contributed by atoms with Gasteiger partial charge in [-0.15, -0.1) is 0 Å². The van der Waals surface area contributed by atoms with Gasteiger partial charge in [-0.2, -0.15) is 11.8 Å². The zero-order valence-corrected chi connectivity index (χ0v) is 12.0. The van der Waals surface area contributed by atoms with E-state index in [9.17, 15) is 14.7 Å². The summed E-state index contributed by atoms with van der Waals surface area (Å²) < 4.78 is 0. The number of carbonyl (C=O) groups is 2. The molecule has 2 N–H and O–H groups in total. The Balaban J connectivity index is 1.98. The molecule has 0 saturated carbocycles. The van der Waals surface area contributed by atoms with Crippen LogP contribution in [0, 0.1) is 0 Å². The number of hydrogen-bond acceptors (Lipinski definition) is 3. The van der Waals surface area contributed by atoms with Crippen molar-refractivity contribution in [3.05, 3.63) is 0 Å². The van der Waals surface area contributed by atoms with Crippen LogP contribution in [0.5, 0.6) is 0 Å². The molecule has 6 heteroatoms. The molecule has 0 aliphatic carbocycles. The van der Waals surface area contributed by atoms with Crippen molar-refractivity contribution >= 4 is 23.8 Å². The SMILES string of the molecule is O=C(O)C1CCCCCCN1C(=O)NC1CCSC1. The van der Waals surface area contributed by atoms with E-state index in [1.807, 2.05) is 11.8 Å². The number of carboxylic acid groups (broad SMARTS) is 1. The van der Waals surface area contributed by atoms with Gasteiger partial charge in [0.15, 0.2) is 0 Å². The predicted molar refractivity (Wildman–Crippen MR) is 75.5 cm³/mol. The molecule has 5 nitrogen and oxygen atoms in total. The van der Waals surface area contributed by atoms with Crippen LogP contribution in [0.2, 0.25) is 0 Å². The second kappa shape index (κ2) is 7.03. The highest BCUT2D eigenvalue weighted by Crippen LogP contribution is 2.20. The van der Waals surface area contributed by atoms with Gasteiger partial charge in [0.2, 0.25) is 0 Å². The van der Waals surface area contributed by atoms with Gasteiger partial charge in [-0.3, -0.25) is 0 Å². The van der Waals surface area contributed by atoms with Crippen LogP contribution in [-0.2, 0) is 4.79 Å². The van der Waals surface area contributed by atoms with E-state index in [4.69, 9.17) is 0 Å². The summed E-state index contributed by atoms with van der Waals surface area (Å²) in [5.41, 5.74) is 0. The zero-order chi connectivity index (χ0) is 13.7. The van der Waals surface area contributed by atoms with Gasteiger partial charge < -0.3 is 15.3 Å². The largest absolute Gasteiger partial charge is 0.480 e. The lowest BCUT2D eigenvalue weighted by Crippen LogP contribution is -2.52. The summed E-state index contributed by atoms with van der Waals surface area (Å²) in [6.07, 6.45) is 5.49. The maximum atomic E-state index is 12.3. The van der Waals surface area contributed by atoms with Crippen LogP contribution in [0.25, 0.3) is 0 Å². The summed E-state index contributed by atoms with van der Waals surface area (Å²) in [5.74, 6) is 1.14. The first kappa shape index (κ1) is 14.5. The van der Waals surface area contributed by atoms with Crippen LogP contribution in [0.3, 0.4) is 0 Å². The Labute approximate surface area is 118 Å². The Morgan fingerprint density at radius 2 is 1.95 bits per heavy atom. The van der Waals surface area contributed by atoms with Gasteiger partial charge in [-0.1, -0.05) is 19.3 Å². The van der Waals surface area contributed by atoms with Crippen molar-refractivity contribution < 1.29 is 14.7 Å². The van der Waals surface area contributed by atoms with Crippen molar-refractivity contribution in [3.8, 4) is 0 Å². The van der Waals surface area contributed by atoms with E-state index < -0.39 is 12.0 Å².